The molecule has 0 saturated heterocycles. The van der Waals surface area contributed by atoms with Crippen molar-refractivity contribution in [3.63, 3.8) is 0 Å². The molecule has 1 heterocycles. The first-order valence-corrected chi connectivity index (χ1v) is 9.90. The van der Waals surface area contributed by atoms with E-state index in [4.69, 9.17) is 21.1 Å². The molecule has 4 nitrogen and oxygen atoms in total. The summed E-state index contributed by atoms with van der Waals surface area (Å²) in [7, 11) is 0. The summed E-state index contributed by atoms with van der Waals surface area (Å²) in [5, 5.41) is 1.44. The second kappa shape index (κ2) is 8.42. The second-order valence-electron chi connectivity index (χ2n) is 5.97. The monoisotopic (exact) mass is 409 g/mol. The van der Waals surface area contributed by atoms with Crippen LogP contribution in [0.2, 0.25) is 5.02 Å². The minimum absolute atomic E-state index is 0.148. The van der Waals surface area contributed by atoms with Gasteiger partial charge in [-0.25, -0.2) is 9.78 Å². The second-order valence-corrected chi connectivity index (χ2v) is 7.44. The fraction of sp³-hybridized carbons (Fsp3) is 0.0909. The molecule has 3 aromatic carbocycles. The largest absolute Gasteiger partial charge is 0.490 e. The number of carbonyl (C=O) groups excluding carboxylic acids is 1. The molecule has 0 amide bonds. The smallest absolute Gasteiger partial charge is 0.338 e. The Morgan fingerprint density at radius 1 is 0.929 bits per heavy atom. The van der Waals surface area contributed by atoms with E-state index in [-0.39, 0.29) is 13.2 Å². The predicted octanol–water partition coefficient (Wildman–Crippen LogP) is 5.85. The summed E-state index contributed by atoms with van der Waals surface area (Å²) < 4.78 is 12.0. The van der Waals surface area contributed by atoms with E-state index in [0.29, 0.717) is 16.3 Å². The minimum Gasteiger partial charge on any atom is -0.490 e. The first-order valence-electron chi connectivity index (χ1n) is 8.71. The number of rotatable bonds is 6. The highest BCUT2D eigenvalue weighted by molar-refractivity contribution is 7.21. The first-order chi connectivity index (χ1) is 13.7. The number of carbonyl (C=O) groups is 1. The minimum atomic E-state index is -0.394. The lowest BCUT2D eigenvalue weighted by atomic mass is 10.1. The molecule has 0 N–H and O–H groups in total. The van der Waals surface area contributed by atoms with Crippen molar-refractivity contribution in [2.24, 2.45) is 0 Å². The molecular formula is C22H16ClNO3S. The number of aromatic nitrogens is 1. The number of para-hydroxylation sites is 1. The number of benzene rings is 3. The summed E-state index contributed by atoms with van der Waals surface area (Å²) in [6.45, 7) is 0.409. The van der Waals surface area contributed by atoms with Crippen molar-refractivity contribution < 1.29 is 14.3 Å². The first kappa shape index (κ1) is 18.5. The molecule has 0 fully saturated rings. The number of fused-ring (bicyclic) bond motifs is 1. The number of thiazole rings is 1. The Bertz CT molecular complexity index is 1080. The molecule has 1 aromatic heterocycles. The Kier molecular flexibility index (Phi) is 5.55. The molecule has 0 aliphatic heterocycles. The lowest BCUT2D eigenvalue weighted by Gasteiger charge is -2.09. The van der Waals surface area contributed by atoms with Gasteiger partial charge < -0.3 is 9.47 Å². The van der Waals surface area contributed by atoms with Crippen molar-refractivity contribution in [1.29, 1.82) is 0 Å². The molecule has 6 heteroatoms. The van der Waals surface area contributed by atoms with Crippen LogP contribution >= 0.6 is 22.9 Å². The van der Waals surface area contributed by atoms with Crippen LogP contribution in [0.15, 0.2) is 72.8 Å². The number of halogens is 1. The van der Waals surface area contributed by atoms with Gasteiger partial charge in [0.15, 0.2) is 0 Å². The maximum atomic E-state index is 12.6. The zero-order chi connectivity index (χ0) is 19.3. The van der Waals surface area contributed by atoms with Gasteiger partial charge in [0.1, 0.15) is 24.0 Å². The normalized spacial score (nSPS) is 10.8. The van der Waals surface area contributed by atoms with Crippen LogP contribution in [-0.4, -0.2) is 24.2 Å². The van der Waals surface area contributed by atoms with Crippen LogP contribution in [0.3, 0.4) is 0 Å². The number of esters is 1. The molecule has 4 rings (SSSR count). The van der Waals surface area contributed by atoms with Gasteiger partial charge in [-0.1, -0.05) is 41.9 Å². The Morgan fingerprint density at radius 3 is 2.50 bits per heavy atom. The lowest BCUT2D eigenvalue weighted by Crippen LogP contribution is -2.13. The van der Waals surface area contributed by atoms with E-state index in [9.17, 15) is 4.79 Å². The summed E-state index contributed by atoms with van der Waals surface area (Å²) in [6, 6.07) is 22.3. The van der Waals surface area contributed by atoms with E-state index in [1.165, 1.54) is 0 Å². The Hall–Kier alpha value is -2.89. The van der Waals surface area contributed by atoms with Gasteiger partial charge in [0.25, 0.3) is 0 Å². The van der Waals surface area contributed by atoms with Crippen molar-refractivity contribution in [3.05, 3.63) is 83.4 Å². The molecule has 140 valence electrons. The summed E-state index contributed by atoms with van der Waals surface area (Å²) in [5.41, 5.74) is 2.18. The number of hydrogen-bond donors (Lipinski definition) is 0. The molecule has 28 heavy (non-hydrogen) atoms. The highest BCUT2D eigenvalue weighted by Gasteiger charge is 2.16. The zero-order valence-corrected chi connectivity index (χ0v) is 16.4. The van der Waals surface area contributed by atoms with Crippen LogP contribution in [0.25, 0.3) is 20.8 Å². The van der Waals surface area contributed by atoms with Gasteiger partial charge in [0.2, 0.25) is 0 Å². The van der Waals surface area contributed by atoms with E-state index in [0.717, 1.165) is 20.8 Å². The molecule has 0 unspecified atom stereocenters. The average molecular weight is 410 g/mol. The van der Waals surface area contributed by atoms with E-state index in [1.807, 2.05) is 42.5 Å². The number of nitrogens with zero attached hydrogens (tertiary/aromatic N) is 1. The molecule has 0 bridgehead atoms. The number of ether oxygens (including phenoxy) is 2. The molecule has 0 atom stereocenters. The van der Waals surface area contributed by atoms with E-state index in [2.05, 4.69) is 4.98 Å². The predicted molar refractivity (Wildman–Crippen MR) is 112 cm³/mol. The SMILES string of the molecule is O=C(OCCOc1ccc(Cl)cc1)c1ccccc1-c1nc2ccccc2s1. The quantitative estimate of drug-likeness (QED) is 0.296. The third kappa shape index (κ3) is 4.16. The van der Waals surface area contributed by atoms with Gasteiger partial charge in [0.05, 0.1) is 15.8 Å². The van der Waals surface area contributed by atoms with Gasteiger partial charge in [-0.2, -0.15) is 0 Å². The van der Waals surface area contributed by atoms with E-state index >= 15 is 0 Å². The molecule has 0 radical (unpaired) electrons. The molecule has 0 saturated carbocycles. The molecule has 0 aliphatic carbocycles. The van der Waals surface area contributed by atoms with Crippen LogP contribution in [0.5, 0.6) is 5.75 Å². The van der Waals surface area contributed by atoms with E-state index in [1.54, 1.807) is 41.7 Å². The van der Waals surface area contributed by atoms with Gasteiger partial charge in [-0.3, -0.25) is 0 Å². The fourth-order valence-electron chi connectivity index (χ4n) is 2.74. The number of hydrogen-bond acceptors (Lipinski definition) is 5. The van der Waals surface area contributed by atoms with Crippen LogP contribution < -0.4 is 4.74 Å². The van der Waals surface area contributed by atoms with Crippen molar-refractivity contribution in [2.45, 2.75) is 0 Å². The standard InChI is InChI=1S/C22H16ClNO3S/c23-15-9-11-16(12-10-15)26-13-14-27-22(25)18-6-2-1-5-17(18)21-24-19-7-3-4-8-20(19)28-21/h1-12H,13-14H2. The summed E-state index contributed by atoms with van der Waals surface area (Å²) >= 11 is 7.40. The van der Waals surface area contributed by atoms with Crippen LogP contribution in [0.1, 0.15) is 10.4 Å². The van der Waals surface area contributed by atoms with Crippen LogP contribution in [0.4, 0.5) is 0 Å². The highest BCUT2D eigenvalue weighted by atomic mass is 35.5. The maximum absolute atomic E-state index is 12.6. The maximum Gasteiger partial charge on any atom is 0.338 e. The van der Waals surface area contributed by atoms with Crippen LogP contribution in [0, 0.1) is 0 Å². The van der Waals surface area contributed by atoms with Gasteiger partial charge in [-0.15, -0.1) is 11.3 Å². The van der Waals surface area contributed by atoms with Gasteiger partial charge in [0, 0.05) is 10.6 Å². The molecular weight excluding hydrogens is 394 g/mol. The Balaban J connectivity index is 1.44. The van der Waals surface area contributed by atoms with Gasteiger partial charge >= 0.3 is 5.97 Å². The van der Waals surface area contributed by atoms with Gasteiger partial charge in [-0.05, 0) is 42.5 Å². The Morgan fingerprint density at radius 2 is 1.68 bits per heavy atom. The molecule has 0 aliphatic rings. The third-order valence-electron chi connectivity index (χ3n) is 4.07. The molecule has 0 spiro atoms. The zero-order valence-electron chi connectivity index (χ0n) is 14.8. The third-order valence-corrected chi connectivity index (χ3v) is 5.39. The molecule has 4 aromatic rings. The highest BCUT2D eigenvalue weighted by Crippen LogP contribution is 2.32. The Labute approximate surface area is 171 Å². The van der Waals surface area contributed by atoms with E-state index < -0.39 is 5.97 Å². The average Bonchev–Trinajstić information content (AvgIpc) is 3.16. The van der Waals surface area contributed by atoms with Crippen molar-refractivity contribution in [2.75, 3.05) is 13.2 Å². The fourth-order valence-corrected chi connectivity index (χ4v) is 3.87. The van der Waals surface area contributed by atoms with Crippen molar-refractivity contribution in [1.82, 2.24) is 4.98 Å². The van der Waals surface area contributed by atoms with Crippen LogP contribution in [-0.2, 0) is 4.74 Å². The van der Waals surface area contributed by atoms with Crippen molar-refractivity contribution >= 4 is 39.1 Å². The lowest BCUT2D eigenvalue weighted by molar-refractivity contribution is 0.0451. The summed E-state index contributed by atoms with van der Waals surface area (Å²) in [6.07, 6.45) is 0. The van der Waals surface area contributed by atoms with Crippen molar-refractivity contribution in [3.8, 4) is 16.3 Å². The summed E-state index contributed by atoms with van der Waals surface area (Å²) in [4.78, 5) is 17.2. The summed E-state index contributed by atoms with van der Waals surface area (Å²) in [5.74, 6) is 0.282. The topological polar surface area (TPSA) is 48.4 Å².